The van der Waals surface area contributed by atoms with Crippen LogP contribution in [0.15, 0.2) is 23.8 Å². The predicted octanol–water partition coefficient (Wildman–Crippen LogP) is 2.65. The molecule has 0 unspecified atom stereocenters. The van der Waals surface area contributed by atoms with E-state index in [4.69, 9.17) is 28.4 Å². The van der Waals surface area contributed by atoms with Gasteiger partial charge < -0.3 is 43.7 Å². The number of aliphatic hydroxyl groups excluding tert-OH is 2. The van der Waals surface area contributed by atoms with Gasteiger partial charge in [0.1, 0.15) is 11.7 Å². The largest absolute Gasteiger partial charge is 0.466 e. The molecule has 0 aromatic carbocycles. The zero-order chi connectivity index (χ0) is 33.0. The number of fused-ring (bicyclic) bond motifs is 6. The Morgan fingerprint density at radius 3 is 2.49 bits per heavy atom. The Bertz CT molecular complexity index is 1130. The van der Waals surface area contributed by atoms with Gasteiger partial charge in [-0.3, -0.25) is 9.59 Å². The van der Waals surface area contributed by atoms with E-state index in [0.717, 1.165) is 19.3 Å². The Hall–Kier alpha value is -2.35. The lowest BCUT2D eigenvalue weighted by Crippen LogP contribution is -2.61. The van der Waals surface area contributed by atoms with Crippen LogP contribution < -0.4 is 0 Å². The molecule has 0 spiro atoms. The fraction of sp³-hybridized carbons (Fsp3) is 0.788. The van der Waals surface area contributed by atoms with Crippen molar-refractivity contribution in [3.63, 3.8) is 0 Å². The first-order valence-corrected chi connectivity index (χ1v) is 15.9. The van der Waals surface area contributed by atoms with Gasteiger partial charge in [0.15, 0.2) is 12.4 Å². The third-order valence-electron chi connectivity index (χ3n) is 9.57. The van der Waals surface area contributed by atoms with Crippen molar-refractivity contribution < 1.29 is 58.1 Å². The van der Waals surface area contributed by atoms with Crippen LogP contribution in [0.3, 0.4) is 0 Å². The summed E-state index contributed by atoms with van der Waals surface area (Å²) in [6, 6.07) is 0. The third kappa shape index (κ3) is 8.93. The number of carbonyl (C=O) groups is 3. The summed E-state index contributed by atoms with van der Waals surface area (Å²) in [5.74, 6) is -1.99. The molecule has 9 atom stereocenters. The highest BCUT2D eigenvalue weighted by atomic mass is 16.7. The minimum absolute atomic E-state index is 0.0557. The van der Waals surface area contributed by atoms with Crippen molar-refractivity contribution in [3.8, 4) is 0 Å². The molecule has 0 aromatic rings. The number of esters is 3. The summed E-state index contributed by atoms with van der Waals surface area (Å²) in [6.45, 7) is 6.54. The summed E-state index contributed by atoms with van der Waals surface area (Å²) < 4.78 is 34.6. The highest BCUT2D eigenvalue weighted by Gasteiger charge is 2.58. The lowest BCUT2D eigenvalue weighted by molar-refractivity contribution is -0.191. The second-order valence-corrected chi connectivity index (χ2v) is 14.0. The van der Waals surface area contributed by atoms with E-state index in [-0.39, 0.29) is 50.4 Å². The lowest BCUT2D eigenvalue weighted by Gasteiger charge is -2.55. The number of hydrogen-bond acceptors (Lipinski definition) is 12. The maximum Gasteiger partial charge on any atom is 0.330 e. The molecule has 6 bridgehead atoms. The average molecular weight is 639 g/mol. The average Bonchev–Trinajstić information content (AvgIpc) is 3.40. The van der Waals surface area contributed by atoms with Crippen LogP contribution in [0.4, 0.5) is 0 Å². The van der Waals surface area contributed by atoms with E-state index >= 15 is 0 Å². The number of ether oxygens (including phenoxy) is 6. The molecule has 3 N–H and O–H groups in total. The molecule has 3 heterocycles. The zero-order valence-electron chi connectivity index (χ0n) is 27.1. The molecule has 3 aliphatic heterocycles. The zero-order valence-corrected chi connectivity index (χ0v) is 27.1. The van der Waals surface area contributed by atoms with Crippen molar-refractivity contribution in [3.05, 3.63) is 23.8 Å². The molecule has 45 heavy (non-hydrogen) atoms. The summed E-state index contributed by atoms with van der Waals surface area (Å²) in [6.07, 6.45) is 3.94. The minimum Gasteiger partial charge on any atom is -0.466 e. The summed E-state index contributed by atoms with van der Waals surface area (Å²) in [7, 11) is 1.23. The maximum atomic E-state index is 12.9. The molecule has 3 fully saturated rings. The number of methoxy groups -OCH3 is 1. The van der Waals surface area contributed by atoms with E-state index in [2.05, 4.69) is 0 Å². The number of cyclic esters (lactones) is 1. The molecule has 2 saturated heterocycles. The van der Waals surface area contributed by atoms with Crippen LogP contribution >= 0.6 is 0 Å². The van der Waals surface area contributed by atoms with Gasteiger partial charge in [-0.2, -0.15) is 0 Å². The Kier molecular flexibility index (Phi) is 11.5. The highest BCUT2D eigenvalue weighted by Crippen LogP contribution is 2.55. The Labute approximate surface area is 265 Å². The fourth-order valence-corrected chi connectivity index (χ4v) is 7.37. The molecular formula is C33H50O12. The molecular weight excluding hydrogens is 588 g/mol. The van der Waals surface area contributed by atoms with Crippen molar-refractivity contribution in [1.29, 1.82) is 0 Å². The molecule has 4 aliphatic rings. The smallest absolute Gasteiger partial charge is 0.330 e. The highest BCUT2D eigenvalue weighted by molar-refractivity contribution is 5.83. The topological polar surface area (TPSA) is 167 Å². The summed E-state index contributed by atoms with van der Waals surface area (Å²) >= 11 is 0. The number of aliphatic hydroxyl groups is 3. The van der Waals surface area contributed by atoms with Crippen LogP contribution in [0, 0.1) is 10.8 Å². The Morgan fingerprint density at radius 1 is 1.11 bits per heavy atom. The van der Waals surface area contributed by atoms with Crippen LogP contribution in [0.2, 0.25) is 0 Å². The second-order valence-electron chi connectivity index (χ2n) is 14.0. The van der Waals surface area contributed by atoms with Crippen LogP contribution in [-0.2, 0) is 42.8 Å². The molecule has 12 nitrogen and oxygen atoms in total. The van der Waals surface area contributed by atoms with Crippen molar-refractivity contribution in [2.45, 2.75) is 134 Å². The van der Waals surface area contributed by atoms with Crippen LogP contribution in [0.25, 0.3) is 0 Å². The summed E-state index contributed by atoms with van der Waals surface area (Å²) in [4.78, 5) is 37.7. The number of carbonyl (C=O) groups excluding carboxylic acids is 3. The van der Waals surface area contributed by atoms with Gasteiger partial charge in [0.25, 0.3) is 0 Å². The van der Waals surface area contributed by atoms with Gasteiger partial charge in [-0.25, -0.2) is 4.79 Å². The summed E-state index contributed by atoms with van der Waals surface area (Å²) in [5.41, 5.74) is -3.37. The van der Waals surface area contributed by atoms with Gasteiger partial charge in [-0.05, 0) is 55.6 Å². The third-order valence-corrected chi connectivity index (χ3v) is 9.57. The SMILES string of the molecule is COC(=O)/C=C1\C[C@@]2(C)C[C@H](CO)OC(=O)C[C@H](O)C[C@@H]3CCC[C@H](C[C@@H]4CO[C@H](/C=C/C(C)(C)[C@](O)(C2)[C@H]1OC(C)=O)O4)O3. The van der Waals surface area contributed by atoms with E-state index in [9.17, 15) is 29.7 Å². The van der Waals surface area contributed by atoms with Crippen molar-refractivity contribution >= 4 is 17.9 Å². The van der Waals surface area contributed by atoms with Crippen molar-refractivity contribution in [2.75, 3.05) is 20.3 Å². The monoisotopic (exact) mass is 638 g/mol. The molecule has 1 saturated carbocycles. The fourth-order valence-electron chi connectivity index (χ4n) is 7.37. The molecule has 12 heteroatoms. The van der Waals surface area contributed by atoms with E-state index in [1.807, 2.05) is 6.92 Å². The minimum atomic E-state index is -1.77. The normalized spacial score (nSPS) is 41.0. The van der Waals surface area contributed by atoms with Crippen LogP contribution in [0.1, 0.15) is 85.5 Å². The molecule has 4 rings (SSSR count). The first-order valence-electron chi connectivity index (χ1n) is 15.9. The van der Waals surface area contributed by atoms with E-state index in [1.54, 1.807) is 26.0 Å². The molecule has 0 aromatic heterocycles. The maximum absolute atomic E-state index is 12.9. The number of hydrogen-bond donors (Lipinski definition) is 3. The van der Waals surface area contributed by atoms with Gasteiger partial charge in [0, 0.05) is 31.3 Å². The standard InChI is InChI=1S/C33H50O12/c1-20(35)42-30-21(11-27(37)40-5)15-32(4)16-26(17-34)44-28(38)13-22(36)12-23-7-6-8-24(43-23)14-25-18-41-29(45-25)9-10-31(2,3)33(30,39)19-32/h9-11,22-26,29-30,34,36,39H,6-8,12-19H2,1-5H3/b10-9+,21-11+/t22-,23+,24-,25-,26-,29+,30+,32+,33+/m1/s1. The molecule has 254 valence electrons. The van der Waals surface area contributed by atoms with E-state index in [1.165, 1.54) is 20.1 Å². The molecule has 0 radical (unpaired) electrons. The first-order chi connectivity index (χ1) is 21.1. The van der Waals surface area contributed by atoms with Gasteiger partial charge in [-0.1, -0.05) is 26.8 Å². The van der Waals surface area contributed by atoms with E-state index in [0.29, 0.717) is 18.6 Å². The molecule has 0 amide bonds. The second kappa shape index (κ2) is 14.6. The lowest BCUT2D eigenvalue weighted by atomic mass is 9.55. The quantitative estimate of drug-likeness (QED) is 0.179. The molecule has 1 aliphatic carbocycles. The summed E-state index contributed by atoms with van der Waals surface area (Å²) in [5, 5.41) is 33.6. The Balaban J connectivity index is 1.73. The van der Waals surface area contributed by atoms with Gasteiger partial charge in [0.2, 0.25) is 0 Å². The van der Waals surface area contributed by atoms with Crippen LogP contribution in [0.5, 0.6) is 0 Å². The first kappa shape index (κ1) is 35.5. The van der Waals surface area contributed by atoms with Gasteiger partial charge in [0.05, 0.1) is 51.2 Å². The predicted molar refractivity (Wildman–Crippen MR) is 159 cm³/mol. The van der Waals surface area contributed by atoms with Crippen molar-refractivity contribution in [2.24, 2.45) is 10.8 Å². The Morgan fingerprint density at radius 2 is 1.82 bits per heavy atom. The number of rotatable bonds is 3. The van der Waals surface area contributed by atoms with Gasteiger partial charge in [-0.15, -0.1) is 0 Å². The van der Waals surface area contributed by atoms with Gasteiger partial charge >= 0.3 is 17.9 Å². The van der Waals surface area contributed by atoms with Crippen molar-refractivity contribution in [1.82, 2.24) is 0 Å². The van der Waals surface area contributed by atoms with E-state index < -0.39 is 65.5 Å². The van der Waals surface area contributed by atoms with Crippen LogP contribution in [-0.4, -0.2) is 102 Å².